The lowest BCUT2D eigenvalue weighted by Crippen LogP contribution is -2.60. The van der Waals surface area contributed by atoms with E-state index < -0.39 is 6.04 Å². The third-order valence-corrected chi connectivity index (χ3v) is 6.95. The smallest absolute Gasteiger partial charge is 0.245 e. The van der Waals surface area contributed by atoms with E-state index in [4.69, 9.17) is 0 Å². The molecule has 1 aliphatic carbocycles. The number of carbonyl (C=O) groups is 3. The van der Waals surface area contributed by atoms with Crippen molar-refractivity contribution in [3.05, 3.63) is 0 Å². The highest BCUT2D eigenvalue weighted by atomic mass is 16.2. The molecular weight excluding hydrogens is 402 g/mol. The van der Waals surface area contributed by atoms with E-state index in [2.05, 4.69) is 33.0 Å². The van der Waals surface area contributed by atoms with E-state index in [0.29, 0.717) is 32.0 Å². The van der Waals surface area contributed by atoms with E-state index in [1.54, 1.807) is 0 Å². The van der Waals surface area contributed by atoms with Gasteiger partial charge in [-0.1, -0.05) is 60.8 Å². The topological polar surface area (TPSA) is 69.7 Å². The molecule has 1 heterocycles. The Hall–Kier alpha value is -1.59. The van der Waals surface area contributed by atoms with E-state index in [1.807, 2.05) is 30.6 Å². The minimum Gasteiger partial charge on any atom is -0.344 e. The number of carbonyl (C=O) groups excluding carboxylic acids is 3. The van der Waals surface area contributed by atoms with Gasteiger partial charge in [-0.25, -0.2) is 0 Å². The Morgan fingerprint density at radius 3 is 2.16 bits per heavy atom. The van der Waals surface area contributed by atoms with Gasteiger partial charge in [0.1, 0.15) is 6.04 Å². The van der Waals surface area contributed by atoms with Gasteiger partial charge in [0, 0.05) is 38.0 Å². The maximum atomic E-state index is 13.3. The zero-order valence-electron chi connectivity index (χ0n) is 21.6. The highest BCUT2D eigenvalue weighted by molar-refractivity contribution is 5.89. The molecule has 6 heteroatoms. The van der Waals surface area contributed by atoms with Crippen LogP contribution in [0.1, 0.15) is 93.4 Å². The number of rotatable bonds is 7. The molecule has 1 N–H and O–H groups in total. The van der Waals surface area contributed by atoms with E-state index in [0.717, 1.165) is 32.1 Å². The van der Waals surface area contributed by atoms with E-state index in [1.165, 1.54) is 6.42 Å². The second kappa shape index (κ2) is 11.5. The van der Waals surface area contributed by atoms with Gasteiger partial charge in [0.25, 0.3) is 0 Å². The zero-order chi connectivity index (χ0) is 24.1. The molecule has 3 amide bonds. The van der Waals surface area contributed by atoms with Crippen molar-refractivity contribution < 1.29 is 14.4 Å². The third kappa shape index (κ3) is 7.77. The Kier molecular flexibility index (Phi) is 9.59. The van der Waals surface area contributed by atoms with Crippen LogP contribution in [0.25, 0.3) is 0 Å². The first-order valence-corrected chi connectivity index (χ1v) is 12.8. The molecule has 6 nitrogen and oxygen atoms in total. The number of amides is 3. The van der Waals surface area contributed by atoms with Gasteiger partial charge in [0.05, 0.1) is 0 Å². The van der Waals surface area contributed by atoms with Crippen molar-refractivity contribution in [2.24, 2.45) is 23.2 Å². The molecule has 1 aliphatic heterocycles. The maximum absolute atomic E-state index is 13.3. The van der Waals surface area contributed by atoms with Crippen molar-refractivity contribution in [3.63, 3.8) is 0 Å². The van der Waals surface area contributed by atoms with E-state index >= 15 is 0 Å². The Morgan fingerprint density at radius 2 is 1.62 bits per heavy atom. The molecular formula is C26H47N3O3. The first-order valence-electron chi connectivity index (χ1n) is 12.8. The second-order valence-corrected chi connectivity index (χ2v) is 11.9. The molecule has 0 aromatic carbocycles. The summed E-state index contributed by atoms with van der Waals surface area (Å²) in [6, 6.07) is -0.505. The van der Waals surface area contributed by atoms with Gasteiger partial charge in [-0.05, 0) is 43.4 Å². The van der Waals surface area contributed by atoms with Crippen LogP contribution in [0, 0.1) is 23.2 Å². The van der Waals surface area contributed by atoms with Crippen molar-refractivity contribution in [2.45, 2.75) is 105 Å². The van der Waals surface area contributed by atoms with Crippen LogP contribution in [-0.4, -0.2) is 59.2 Å². The summed E-state index contributed by atoms with van der Waals surface area (Å²) in [7, 11) is 0. The molecule has 0 bridgehead atoms. The molecule has 3 atom stereocenters. The molecule has 2 fully saturated rings. The number of nitrogens with zero attached hydrogens (tertiary/aromatic N) is 2. The average molecular weight is 450 g/mol. The van der Waals surface area contributed by atoms with Crippen LogP contribution in [-0.2, 0) is 14.4 Å². The van der Waals surface area contributed by atoms with Crippen molar-refractivity contribution in [3.8, 4) is 0 Å². The number of hydrogen-bond acceptors (Lipinski definition) is 3. The van der Waals surface area contributed by atoms with Crippen LogP contribution in [0.5, 0.6) is 0 Å². The van der Waals surface area contributed by atoms with Gasteiger partial charge in [-0.3, -0.25) is 14.4 Å². The van der Waals surface area contributed by atoms with Crippen LogP contribution in [0.4, 0.5) is 0 Å². The van der Waals surface area contributed by atoms with Gasteiger partial charge in [-0.15, -0.1) is 0 Å². The molecule has 0 aromatic rings. The van der Waals surface area contributed by atoms with Gasteiger partial charge in [0.2, 0.25) is 17.7 Å². The molecule has 2 rings (SSSR count). The molecule has 1 saturated carbocycles. The summed E-state index contributed by atoms with van der Waals surface area (Å²) >= 11 is 0. The summed E-state index contributed by atoms with van der Waals surface area (Å²) in [5, 5.41) is 3.07. The average Bonchev–Trinajstić information content (AvgIpc) is 2.70. The van der Waals surface area contributed by atoms with Crippen LogP contribution < -0.4 is 5.32 Å². The molecule has 2 aliphatic rings. The molecule has 32 heavy (non-hydrogen) atoms. The minimum absolute atomic E-state index is 0.00999. The maximum Gasteiger partial charge on any atom is 0.245 e. The summed E-state index contributed by atoms with van der Waals surface area (Å²) in [5.74, 6) is 0.627. The second-order valence-electron chi connectivity index (χ2n) is 11.9. The quantitative estimate of drug-likeness (QED) is 0.632. The Labute approximate surface area is 195 Å². The van der Waals surface area contributed by atoms with Crippen molar-refractivity contribution >= 4 is 17.7 Å². The molecule has 184 valence electrons. The SMILES string of the molecule is CC(CC(=O)N1CCN(C(=O)C(NC(=O)C2CCCCC2)C(C)C)CC1C)CC(C)(C)C. The molecule has 0 spiro atoms. The predicted molar refractivity (Wildman–Crippen MR) is 129 cm³/mol. The van der Waals surface area contributed by atoms with Crippen molar-refractivity contribution in [2.75, 3.05) is 19.6 Å². The van der Waals surface area contributed by atoms with E-state index in [-0.39, 0.29) is 41.0 Å². The zero-order valence-corrected chi connectivity index (χ0v) is 21.6. The summed E-state index contributed by atoms with van der Waals surface area (Å²) in [6.45, 7) is 16.4. The number of nitrogens with one attached hydrogen (secondary N) is 1. The first kappa shape index (κ1) is 26.7. The van der Waals surface area contributed by atoms with Crippen LogP contribution >= 0.6 is 0 Å². The van der Waals surface area contributed by atoms with Crippen LogP contribution in [0.15, 0.2) is 0 Å². The van der Waals surface area contributed by atoms with Crippen molar-refractivity contribution in [1.82, 2.24) is 15.1 Å². The minimum atomic E-state index is -0.495. The fourth-order valence-electron chi connectivity index (χ4n) is 5.41. The summed E-state index contributed by atoms with van der Waals surface area (Å²) in [6.07, 6.45) is 6.82. The number of piperazine rings is 1. The Balaban J connectivity index is 1.92. The van der Waals surface area contributed by atoms with Gasteiger partial charge < -0.3 is 15.1 Å². The van der Waals surface area contributed by atoms with Gasteiger partial charge in [0.15, 0.2) is 0 Å². The summed E-state index contributed by atoms with van der Waals surface area (Å²) in [4.78, 5) is 42.8. The highest BCUT2D eigenvalue weighted by Gasteiger charge is 2.36. The standard InChI is InChI=1S/C26H47N3O3/c1-18(2)23(27-24(31)21-11-9-8-10-12-21)25(32)28-13-14-29(20(4)17-28)22(30)15-19(3)16-26(5,6)7/h18-21,23H,8-17H2,1-7H3,(H,27,31). The van der Waals surface area contributed by atoms with Gasteiger partial charge in [-0.2, -0.15) is 0 Å². The third-order valence-electron chi connectivity index (χ3n) is 6.95. The lowest BCUT2D eigenvalue weighted by molar-refractivity contribution is -0.146. The molecule has 0 radical (unpaired) electrons. The molecule has 3 unspecified atom stereocenters. The monoisotopic (exact) mass is 449 g/mol. The Morgan fingerprint density at radius 1 is 1.00 bits per heavy atom. The van der Waals surface area contributed by atoms with Crippen LogP contribution in [0.2, 0.25) is 0 Å². The fourth-order valence-corrected chi connectivity index (χ4v) is 5.41. The molecule has 0 aromatic heterocycles. The first-order chi connectivity index (χ1) is 14.9. The fraction of sp³-hybridized carbons (Fsp3) is 0.885. The van der Waals surface area contributed by atoms with Gasteiger partial charge >= 0.3 is 0 Å². The normalized spacial score (nSPS) is 22.6. The largest absolute Gasteiger partial charge is 0.344 e. The predicted octanol–water partition coefficient (Wildman–Crippen LogP) is 4.23. The van der Waals surface area contributed by atoms with Crippen LogP contribution in [0.3, 0.4) is 0 Å². The Bertz CT molecular complexity index is 649. The van der Waals surface area contributed by atoms with Crippen molar-refractivity contribution in [1.29, 1.82) is 0 Å². The lowest BCUT2D eigenvalue weighted by atomic mass is 9.84. The number of hydrogen-bond donors (Lipinski definition) is 1. The summed E-state index contributed by atoms with van der Waals surface area (Å²) < 4.78 is 0. The molecule has 1 saturated heterocycles. The highest BCUT2D eigenvalue weighted by Crippen LogP contribution is 2.27. The lowest BCUT2D eigenvalue weighted by Gasteiger charge is -2.42. The van der Waals surface area contributed by atoms with E-state index in [9.17, 15) is 14.4 Å². The summed E-state index contributed by atoms with van der Waals surface area (Å²) in [5.41, 5.74) is 0.213.